The maximum atomic E-state index is 15.0. The van der Waals surface area contributed by atoms with Crippen LogP contribution >= 0.6 is 27.5 Å². The molecule has 13 heteroatoms. The lowest BCUT2D eigenvalue weighted by Gasteiger charge is -2.38. The first-order chi connectivity index (χ1) is 23.6. The van der Waals surface area contributed by atoms with Gasteiger partial charge in [-0.3, -0.25) is 19.2 Å². The minimum absolute atomic E-state index is 0.0456. The Morgan fingerprint density at radius 1 is 1.06 bits per heavy atom. The SMILES string of the molecule is CC[C@@H](CO)N1C(=O)[C@@H]2[C@H]3C(=O)O[C@@H](c4ccccc4)[C@H](COC)NC(=O)CC/C=C\CN(c4ccc(Cl)cc4)C(=O)[C@@H]1[C@]21C=C(Br)[C@H]3O1. The fraction of sp³-hybridized carbons (Fsp3) is 0.444. The van der Waals surface area contributed by atoms with E-state index in [1.807, 2.05) is 19.1 Å². The van der Waals surface area contributed by atoms with E-state index in [1.54, 1.807) is 60.7 Å². The molecule has 5 bridgehead atoms. The van der Waals surface area contributed by atoms with Crippen LogP contribution in [-0.4, -0.2) is 90.4 Å². The number of carbonyl (C=O) groups is 4. The van der Waals surface area contributed by atoms with Crippen LogP contribution in [0.5, 0.6) is 0 Å². The zero-order chi connectivity index (χ0) is 34.9. The molecule has 2 aromatic carbocycles. The van der Waals surface area contributed by atoms with E-state index in [0.29, 0.717) is 33.6 Å². The number of halogens is 2. The van der Waals surface area contributed by atoms with Crippen LogP contribution in [0.25, 0.3) is 0 Å². The van der Waals surface area contributed by atoms with Crippen molar-refractivity contribution in [2.75, 3.05) is 31.8 Å². The molecule has 0 radical (unpaired) electrons. The van der Waals surface area contributed by atoms with Crippen LogP contribution in [0.1, 0.15) is 37.9 Å². The summed E-state index contributed by atoms with van der Waals surface area (Å²) in [5.41, 5.74) is -0.380. The number of nitrogens with one attached hydrogen (secondary N) is 1. The monoisotopic (exact) mass is 755 g/mol. The number of benzene rings is 2. The van der Waals surface area contributed by atoms with Crippen molar-refractivity contribution < 1.29 is 38.5 Å². The Labute approximate surface area is 298 Å². The predicted octanol–water partition coefficient (Wildman–Crippen LogP) is 4.08. The molecule has 4 heterocycles. The first-order valence-electron chi connectivity index (χ1n) is 16.4. The maximum Gasteiger partial charge on any atom is 0.313 e. The number of fused-ring (bicyclic) bond motifs is 2. The number of hydrogen-bond acceptors (Lipinski definition) is 8. The van der Waals surface area contributed by atoms with E-state index in [1.165, 1.54) is 16.9 Å². The van der Waals surface area contributed by atoms with Crippen LogP contribution in [0.2, 0.25) is 5.02 Å². The van der Waals surface area contributed by atoms with Crippen molar-refractivity contribution in [3.63, 3.8) is 0 Å². The summed E-state index contributed by atoms with van der Waals surface area (Å²) in [4.78, 5) is 60.2. The number of cyclic esters (lactones) is 1. The zero-order valence-corrected chi connectivity index (χ0v) is 29.5. The van der Waals surface area contributed by atoms with E-state index >= 15 is 0 Å². The van der Waals surface area contributed by atoms with Crippen LogP contribution in [-0.2, 0) is 33.4 Å². The van der Waals surface area contributed by atoms with Crippen LogP contribution in [0.3, 0.4) is 0 Å². The Morgan fingerprint density at radius 2 is 1.80 bits per heavy atom. The molecule has 1 spiro atoms. The third-order valence-corrected chi connectivity index (χ3v) is 10.7. The highest BCUT2D eigenvalue weighted by Crippen LogP contribution is 2.59. The highest BCUT2D eigenvalue weighted by molar-refractivity contribution is 9.11. The van der Waals surface area contributed by atoms with Crippen LogP contribution in [0.4, 0.5) is 5.69 Å². The third-order valence-electron chi connectivity index (χ3n) is 9.77. The molecule has 0 aromatic heterocycles. The summed E-state index contributed by atoms with van der Waals surface area (Å²) in [6, 6.07) is 13.1. The molecule has 0 unspecified atom stereocenters. The van der Waals surface area contributed by atoms with E-state index in [4.69, 9.17) is 25.8 Å². The number of likely N-dealkylation sites (tertiary alicyclic amines) is 1. The number of esters is 1. The number of ether oxygens (including phenoxy) is 3. The van der Waals surface area contributed by atoms with Gasteiger partial charge in [-0.2, -0.15) is 0 Å². The standard InChI is InChI=1S/C36H39BrClN3O8/c1-3-23(19-42)41-32-34(45)40(24-15-13-22(38)14-16-24)17-9-5-8-12-27(43)39-26(20-47-2)30(21-10-6-4-7-11-21)48-35(46)28-29(33(41)44)36(32)18-25(37)31(28)49-36/h4-7,9-11,13-16,18,23,26,28-32,42H,3,8,12,17,19-20H2,1-2H3,(H,39,43)/b9-5-/t23-,26-,28+,29-,30-,31+,32+,36-/m0/s1. The van der Waals surface area contributed by atoms with Crippen molar-refractivity contribution in [2.24, 2.45) is 11.8 Å². The minimum atomic E-state index is -1.53. The molecule has 6 rings (SSSR count). The lowest BCUT2D eigenvalue weighted by atomic mass is 9.74. The molecular formula is C36H39BrClN3O8. The number of nitrogens with zero attached hydrogens (tertiary/aromatic N) is 2. The summed E-state index contributed by atoms with van der Waals surface area (Å²) in [6.45, 7) is 1.58. The largest absolute Gasteiger partial charge is 0.455 e. The fourth-order valence-corrected chi connectivity index (χ4v) is 8.37. The Kier molecular flexibility index (Phi) is 10.6. The maximum absolute atomic E-state index is 15.0. The summed E-state index contributed by atoms with van der Waals surface area (Å²) >= 11 is 9.78. The van der Waals surface area contributed by atoms with Gasteiger partial charge in [-0.1, -0.05) is 76.9 Å². The van der Waals surface area contributed by atoms with Gasteiger partial charge in [0.1, 0.15) is 29.8 Å². The van der Waals surface area contributed by atoms with Crippen LogP contribution in [0, 0.1) is 11.8 Å². The molecule has 11 nitrogen and oxygen atoms in total. The molecule has 0 saturated carbocycles. The second-order valence-electron chi connectivity index (χ2n) is 12.7. The molecule has 2 N–H and O–H groups in total. The molecular weight excluding hydrogens is 718 g/mol. The average Bonchev–Trinajstić information content (AvgIpc) is 3.69. The van der Waals surface area contributed by atoms with Gasteiger partial charge in [0.15, 0.2) is 0 Å². The minimum Gasteiger partial charge on any atom is -0.455 e. The number of aliphatic hydroxyl groups is 1. The fourth-order valence-electron chi connectivity index (χ4n) is 7.51. The number of hydrogen-bond donors (Lipinski definition) is 2. The molecule has 2 fully saturated rings. The Bertz CT molecular complexity index is 1630. The van der Waals surface area contributed by atoms with Gasteiger partial charge < -0.3 is 34.4 Å². The highest BCUT2D eigenvalue weighted by Gasteiger charge is 2.75. The number of anilines is 1. The quantitative estimate of drug-likeness (QED) is 0.319. The normalized spacial score (nSPS) is 31.7. The number of amides is 3. The molecule has 4 aliphatic heterocycles. The Morgan fingerprint density at radius 3 is 2.47 bits per heavy atom. The third kappa shape index (κ3) is 6.45. The van der Waals surface area contributed by atoms with Gasteiger partial charge >= 0.3 is 5.97 Å². The second kappa shape index (κ2) is 14.7. The van der Waals surface area contributed by atoms with Gasteiger partial charge in [0.05, 0.1) is 31.2 Å². The molecule has 0 aliphatic carbocycles. The van der Waals surface area contributed by atoms with E-state index < -0.39 is 72.2 Å². The summed E-state index contributed by atoms with van der Waals surface area (Å²) in [6.07, 6.45) is 4.34. The van der Waals surface area contributed by atoms with Crippen molar-refractivity contribution >= 4 is 56.9 Å². The van der Waals surface area contributed by atoms with E-state index in [9.17, 15) is 24.3 Å². The van der Waals surface area contributed by atoms with E-state index in [2.05, 4.69) is 21.2 Å². The average molecular weight is 757 g/mol. The number of rotatable bonds is 7. The summed E-state index contributed by atoms with van der Waals surface area (Å²) in [7, 11) is 1.50. The lowest BCUT2D eigenvalue weighted by molar-refractivity contribution is -0.162. The highest BCUT2D eigenvalue weighted by atomic mass is 79.9. The molecule has 4 aliphatic rings. The predicted molar refractivity (Wildman–Crippen MR) is 185 cm³/mol. The molecule has 260 valence electrons. The van der Waals surface area contributed by atoms with Gasteiger partial charge in [-0.05, 0) is 48.7 Å². The Hall–Kier alpha value is -3.55. The number of aliphatic hydroxyl groups excluding tert-OH is 1. The first kappa shape index (κ1) is 35.3. The van der Waals surface area contributed by atoms with Crippen LogP contribution in [0.15, 0.2) is 77.3 Å². The van der Waals surface area contributed by atoms with Crippen LogP contribution < -0.4 is 10.2 Å². The number of carbonyl (C=O) groups excluding carboxylic acids is 4. The van der Waals surface area contributed by atoms with Gasteiger partial charge in [-0.15, -0.1) is 0 Å². The summed E-state index contributed by atoms with van der Waals surface area (Å²) < 4.78 is 18.9. The van der Waals surface area contributed by atoms with Gasteiger partial charge in [-0.25, -0.2) is 0 Å². The van der Waals surface area contributed by atoms with Gasteiger partial charge in [0.2, 0.25) is 11.8 Å². The second-order valence-corrected chi connectivity index (χ2v) is 14.0. The topological polar surface area (TPSA) is 135 Å². The summed E-state index contributed by atoms with van der Waals surface area (Å²) in [5, 5.41) is 14.0. The lowest BCUT2D eigenvalue weighted by Crippen LogP contribution is -2.58. The first-order valence-corrected chi connectivity index (χ1v) is 17.6. The van der Waals surface area contributed by atoms with Gasteiger partial charge in [0, 0.05) is 35.3 Å². The van der Waals surface area contributed by atoms with Crippen molar-refractivity contribution in [3.8, 4) is 0 Å². The van der Waals surface area contributed by atoms with Crippen molar-refractivity contribution in [2.45, 2.75) is 62.1 Å². The molecule has 49 heavy (non-hydrogen) atoms. The van der Waals surface area contributed by atoms with Crippen molar-refractivity contribution in [1.29, 1.82) is 0 Å². The molecule has 8 atom stereocenters. The summed E-state index contributed by atoms with van der Waals surface area (Å²) in [5.74, 6) is -4.17. The van der Waals surface area contributed by atoms with Crippen molar-refractivity contribution in [1.82, 2.24) is 10.2 Å². The Balaban J connectivity index is 1.50. The van der Waals surface area contributed by atoms with E-state index in [-0.39, 0.29) is 25.5 Å². The van der Waals surface area contributed by atoms with Gasteiger partial charge in [0.25, 0.3) is 5.91 Å². The number of methoxy groups -OCH3 is 1. The molecule has 2 saturated heterocycles. The smallest absolute Gasteiger partial charge is 0.313 e. The van der Waals surface area contributed by atoms with Crippen molar-refractivity contribution in [3.05, 3.63) is 87.9 Å². The zero-order valence-electron chi connectivity index (χ0n) is 27.2. The van der Waals surface area contributed by atoms with E-state index in [0.717, 1.165) is 0 Å². The molecule has 3 amide bonds. The number of allylic oxidation sites excluding steroid dienone is 1. The molecule has 2 aromatic rings.